The number of nitro benzene ring substituents is 1. The average molecular weight is 351 g/mol. The van der Waals surface area contributed by atoms with Gasteiger partial charge >= 0.3 is 11.9 Å². The summed E-state index contributed by atoms with van der Waals surface area (Å²) >= 11 is 0. The minimum Gasteiger partial charge on any atom is -0.478 e. The molecular weight excluding hydrogens is 330 g/mol. The molecule has 9 nitrogen and oxygen atoms in total. The lowest BCUT2D eigenvalue weighted by atomic mass is 10.1. The van der Waals surface area contributed by atoms with Gasteiger partial charge in [0.05, 0.1) is 10.5 Å². The maximum atomic E-state index is 12.5. The van der Waals surface area contributed by atoms with Crippen molar-refractivity contribution in [2.75, 3.05) is 24.5 Å². The van der Waals surface area contributed by atoms with Crippen LogP contribution in [-0.2, 0) is 9.53 Å². The first-order valence-electron chi connectivity index (χ1n) is 7.82. The van der Waals surface area contributed by atoms with E-state index < -0.39 is 28.5 Å². The molecule has 1 aliphatic rings. The van der Waals surface area contributed by atoms with Gasteiger partial charge in [-0.15, -0.1) is 0 Å². The van der Waals surface area contributed by atoms with Crippen LogP contribution in [0, 0.1) is 10.1 Å². The minimum absolute atomic E-state index is 0.181. The molecule has 0 radical (unpaired) electrons. The van der Waals surface area contributed by atoms with Gasteiger partial charge in [0.15, 0.2) is 0 Å². The molecule has 2 N–H and O–H groups in total. The Morgan fingerprint density at radius 1 is 1.40 bits per heavy atom. The topological polar surface area (TPSA) is 122 Å². The predicted octanol–water partition coefficient (Wildman–Crippen LogP) is 1.41. The van der Waals surface area contributed by atoms with Crippen molar-refractivity contribution in [3.05, 3.63) is 33.9 Å². The molecule has 0 amide bonds. The normalized spacial score (nSPS) is 17.9. The van der Waals surface area contributed by atoms with Crippen molar-refractivity contribution in [2.45, 2.75) is 32.4 Å². The molecule has 25 heavy (non-hydrogen) atoms. The third kappa shape index (κ3) is 4.44. The van der Waals surface area contributed by atoms with Crippen LogP contribution in [0.5, 0.6) is 0 Å². The molecular formula is C16H21N3O6. The van der Waals surface area contributed by atoms with Crippen molar-refractivity contribution < 1.29 is 24.4 Å². The van der Waals surface area contributed by atoms with E-state index >= 15 is 0 Å². The van der Waals surface area contributed by atoms with Crippen LogP contribution in [0.1, 0.15) is 31.1 Å². The molecule has 0 spiro atoms. The van der Waals surface area contributed by atoms with Gasteiger partial charge in [-0.25, -0.2) is 9.59 Å². The summed E-state index contributed by atoms with van der Waals surface area (Å²) in [5.74, 6) is -1.74. The third-order valence-electron chi connectivity index (χ3n) is 3.65. The van der Waals surface area contributed by atoms with E-state index in [1.807, 2.05) is 0 Å². The number of carbonyl (C=O) groups is 2. The van der Waals surface area contributed by atoms with Gasteiger partial charge in [0.1, 0.15) is 17.3 Å². The number of esters is 1. The van der Waals surface area contributed by atoms with Crippen LogP contribution in [-0.4, -0.2) is 53.2 Å². The molecule has 136 valence electrons. The number of carboxylic acid groups (broad SMARTS) is 1. The summed E-state index contributed by atoms with van der Waals surface area (Å²) in [6.45, 7) is 6.42. The highest BCUT2D eigenvalue weighted by molar-refractivity contribution is 5.90. The van der Waals surface area contributed by atoms with Gasteiger partial charge in [0.25, 0.3) is 5.69 Å². The molecule has 1 saturated heterocycles. The van der Waals surface area contributed by atoms with E-state index in [0.717, 1.165) is 6.07 Å². The van der Waals surface area contributed by atoms with Crippen LogP contribution in [0.2, 0.25) is 0 Å². The molecule has 1 aromatic carbocycles. The molecule has 0 unspecified atom stereocenters. The Hall–Kier alpha value is -2.68. The van der Waals surface area contributed by atoms with Crippen molar-refractivity contribution in [2.24, 2.45) is 0 Å². The van der Waals surface area contributed by atoms with E-state index in [2.05, 4.69) is 5.32 Å². The second-order valence-corrected chi connectivity index (χ2v) is 6.71. The second kappa shape index (κ2) is 7.06. The van der Waals surface area contributed by atoms with Crippen molar-refractivity contribution in [1.82, 2.24) is 5.32 Å². The number of benzene rings is 1. The van der Waals surface area contributed by atoms with E-state index in [1.165, 1.54) is 12.1 Å². The molecule has 1 atom stereocenters. The van der Waals surface area contributed by atoms with E-state index in [0.29, 0.717) is 13.1 Å². The maximum Gasteiger partial charge on any atom is 0.335 e. The number of ether oxygens (including phenoxy) is 1. The quantitative estimate of drug-likeness (QED) is 0.474. The van der Waals surface area contributed by atoms with E-state index in [4.69, 9.17) is 9.84 Å². The predicted molar refractivity (Wildman–Crippen MR) is 89.9 cm³/mol. The van der Waals surface area contributed by atoms with Crippen molar-refractivity contribution in [1.29, 1.82) is 0 Å². The fourth-order valence-electron chi connectivity index (χ4n) is 2.62. The first kappa shape index (κ1) is 18.7. The smallest absolute Gasteiger partial charge is 0.335 e. The Morgan fingerprint density at radius 3 is 2.64 bits per heavy atom. The number of carbonyl (C=O) groups excluding carboxylic acids is 1. The van der Waals surface area contributed by atoms with Crippen LogP contribution in [0.4, 0.5) is 11.4 Å². The Bertz CT molecular complexity index is 698. The highest BCUT2D eigenvalue weighted by atomic mass is 16.6. The number of anilines is 1. The summed E-state index contributed by atoms with van der Waals surface area (Å²) in [6, 6.07) is 2.93. The van der Waals surface area contributed by atoms with Gasteiger partial charge < -0.3 is 20.1 Å². The third-order valence-corrected chi connectivity index (χ3v) is 3.65. The monoisotopic (exact) mass is 351 g/mol. The largest absolute Gasteiger partial charge is 0.478 e. The SMILES string of the molecule is CC(C)(C)OC(=O)[C@@H]1CNCCN1c1ccc(C(=O)O)cc1[N+](=O)[O-]. The molecule has 9 heteroatoms. The van der Waals surface area contributed by atoms with Crippen LogP contribution >= 0.6 is 0 Å². The van der Waals surface area contributed by atoms with Crippen LogP contribution in [0.15, 0.2) is 18.2 Å². The van der Waals surface area contributed by atoms with Crippen molar-refractivity contribution in [3.8, 4) is 0 Å². The Morgan fingerprint density at radius 2 is 2.08 bits per heavy atom. The van der Waals surface area contributed by atoms with Gasteiger partial charge in [-0.3, -0.25) is 10.1 Å². The number of nitro groups is 1. The van der Waals surface area contributed by atoms with Gasteiger partial charge in [0.2, 0.25) is 0 Å². The van der Waals surface area contributed by atoms with Gasteiger partial charge in [0, 0.05) is 25.7 Å². The number of aromatic carboxylic acids is 1. The lowest BCUT2D eigenvalue weighted by Gasteiger charge is -2.37. The average Bonchev–Trinajstić information content (AvgIpc) is 2.52. The van der Waals surface area contributed by atoms with Crippen LogP contribution in [0.25, 0.3) is 0 Å². The zero-order chi connectivity index (χ0) is 18.8. The lowest BCUT2D eigenvalue weighted by Crippen LogP contribution is -2.56. The number of rotatable bonds is 4. The Balaban J connectivity index is 2.41. The van der Waals surface area contributed by atoms with Gasteiger partial charge in [-0.2, -0.15) is 0 Å². The summed E-state index contributed by atoms with van der Waals surface area (Å²) in [5, 5.41) is 23.5. The Kier molecular flexibility index (Phi) is 5.27. The first-order chi connectivity index (χ1) is 11.6. The summed E-state index contributed by atoms with van der Waals surface area (Å²) in [6.07, 6.45) is 0. The van der Waals surface area contributed by atoms with E-state index in [-0.39, 0.29) is 23.5 Å². The lowest BCUT2D eigenvalue weighted by molar-refractivity contribution is -0.384. The number of piperazine rings is 1. The Labute approximate surface area is 144 Å². The molecule has 0 aromatic heterocycles. The number of hydrogen-bond acceptors (Lipinski definition) is 7. The van der Waals surface area contributed by atoms with E-state index in [1.54, 1.807) is 25.7 Å². The molecule has 2 rings (SSSR count). The molecule has 0 bridgehead atoms. The summed E-state index contributed by atoms with van der Waals surface area (Å²) in [4.78, 5) is 35.9. The minimum atomic E-state index is -1.25. The van der Waals surface area contributed by atoms with E-state index in [9.17, 15) is 19.7 Å². The first-order valence-corrected chi connectivity index (χ1v) is 7.82. The van der Waals surface area contributed by atoms with Gasteiger partial charge in [-0.05, 0) is 32.9 Å². The zero-order valence-corrected chi connectivity index (χ0v) is 14.3. The summed E-state index contributed by atoms with van der Waals surface area (Å²) in [5.41, 5.74) is -1.01. The second-order valence-electron chi connectivity index (χ2n) is 6.71. The fourth-order valence-corrected chi connectivity index (χ4v) is 2.62. The molecule has 1 heterocycles. The maximum absolute atomic E-state index is 12.5. The van der Waals surface area contributed by atoms with Crippen LogP contribution in [0.3, 0.4) is 0 Å². The van der Waals surface area contributed by atoms with Crippen molar-refractivity contribution in [3.63, 3.8) is 0 Å². The van der Waals surface area contributed by atoms with Crippen molar-refractivity contribution >= 4 is 23.3 Å². The number of nitrogens with zero attached hydrogens (tertiary/aromatic N) is 2. The standard InChI is InChI=1S/C16H21N3O6/c1-16(2,3)25-15(22)13-9-17-6-7-18(13)11-5-4-10(14(20)21)8-12(11)19(23)24/h4-5,8,13,17H,6-7,9H2,1-3H3,(H,20,21)/t13-/m0/s1. The highest BCUT2D eigenvalue weighted by Crippen LogP contribution is 2.32. The zero-order valence-electron chi connectivity index (χ0n) is 14.3. The molecule has 1 aromatic rings. The molecule has 1 fully saturated rings. The fraction of sp³-hybridized carbons (Fsp3) is 0.500. The van der Waals surface area contributed by atoms with Gasteiger partial charge in [-0.1, -0.05) is 0 Å². The molecule has 0 aliphatic carbocycles. The highest BCUT2D eigenvalue weighted by Gasteiger charge is 2.35. The summed E-state index contributed by atoms with van der Waals surface area (Å²) < 4.78 is 5.41. The molecule has 1 aliphatic heterocycles. The molecule has 0 saturated carbocycles. The van der Waals surface area contributed by atoms with Crippen LogP contribution < -0.4 is 10.2 Å². The number of carboxylic acids is 1. The number of nitrogens with one attached hydrogen (secondary N) is 1. The summed E-state index contributed by atoms with van der Waals surface area (Å²) in [7, 11) is 0. The number of hydrogen-bond donors (Lipinski definition) is 2.